The van der Waals surface area contributed by atoms with Gasteiger partial charge in [0.15, 0.2) is 0 Å². The van der Waals surface area contributed by atoms with Crippen LogP contribution in [0, 0.1) is 3.57 Å². The van der Waals surface area contributed by atoms with Crippen molar-refractivity contribution in [2.45, 2.75) is 6.42 Å². The van der Waals surface area contributed by atoms with Gasteiger partial charge in [0.2, 0.25) is 5.91 Å². The smallest absolute Gasteiger partial charge is 0.221 e. The molecule has 0 aliphatic rings. The number of hydrogen-bond donors (Lipinski definition) is 2. The Morgan fingerprint density at radius 3 is 3.07 bits per heavy atom. The van der Waals surface area contributed by atoms with Crippen LogP contribution in [0.15, 0.2) is 12.5 Å². The lowest BCUT2D eigenvalue weighted by Gasteiger charge is -2.05. The van der Waals surface area contributed by atoms with Crippen molar-refractivity contribution in [1.82, 2.24) is 15.3 Å². The van der Waals surface area contributed by atoms with Crippen LogP contribution in [0.25, 0.3) is 0 Å². The van der Waals surface area contributed by atoms with Crippen LogP contribution in [0.4, 0.5) is 5.82 Å². The fourth-order valence-corrected chi connectivity index (χ4v) is 1.35. The van der Waals surface area contributed by atoms with Crippen molar-refractivity contribution < 1.29 is 4.79 Å². The van der Waals surface area contributed by atoms with Crippen molar-refractivity contribution in [1.29, 1.82) is 0 Å². The van der Waals surface area contributed by atoms with Crippen LogP contribution in [0.2, 0.25) is 0 Å². The minimum atomic E-state index is 0.0153. The van der Waals surface area contributed by atoms with E-state index in [4.69, 9.17) is 0 Å². The summed E-state index contributed by atoms with van der Waals surface area (Å²) < 4.78 is 0.946. The predicted molar refractivity (Wildman–Crippen MR) is 61.9 cm³/mol. The van der Waals surface area contributed by atoms with Gasteiger partial charge in [-0.2, -0.15) is 0 Å². The molecule has 1 amide bonds. The summed E-state index contributed by atoms with van der Waals surface area (Å²) in [5, 5.41) is 5.61. The van der Waals surface area contributed by atoms with E-state index in [1.807, 2.05) is 0 Å². The maximum Gasteiger partial charge on any atom is 0.221 e. The van der Waals surface area contributed by atoms with Crippen LogP contribution in [-0.2, 0) is 4.79 Å². The molecule has 1 rings (SSSR count). The average Bonchev–Trinajstić information content (AvgIpc) is 2.20. The quantitative estimate of drug-likeness (QED) is 0.801. The molecule has 0 aromatic carbocycles. The van der Waals surface area contributed by atoms with E-state index in [-0.39, 0.29) is 5.91 Å². The zero-order valence-electron chi connectivity index (χ0n) is 7.75. The minimum absolute atomic E-state index is 0.0153. The lowest BCUT2D eigenvalue weighted by molar-refractivity contribution is -0.120. The number of rotatable bonds is 4. The monoisotopic (exact) mass is 306 g/mol. The van der Waals surface area contributed by atoms with Crippen molar-refractivity contribution >= 4 is 34.3 Å². The predicted octanol–water partition coefficient (Wildman–Crippen LogP) is 0.629. The first kappa shape index (κ1) is 11.2. The third-order valence-electron chi connectivity index (χ3n) is 1.59. The number of hydrogen-bond acceptors (Lipinski definition) is 4. The van der Waals surface area contributed by atoms with Crippen LogP contribution in [0.3, 0.4) is 0 Å². The van der Waals surface area contributed by atoms with Crippen LogP contribution < -0.4 is 10.6 Å². The van der Waals surface area contributed by atoms with Crippen LogP contribution in [-0.4, -0.2) is 29.5 Å². The van der Waals surface area contributed by atoms with Gasteiger partial charge in [-0.1, -0.05) is 0 Å². The molecule has 0 aliphatic carbocycles. The van der Waals surface area contributed by atoms with Gasteiger partial charge in [-0.05, 0) is 22.6 Å². The molecule has 5 nitrogen and oxygen atoms in total. The summed E-state index contributed by atoms with van der Waals surface area (Å²) in [6.45, 7) is 0.576. The Morgan fingerprint density at radius 2 is 2.43 bits per heavy atom. The number of carbonyl (C=O) groups excluding carboxylic acids is 1. The first-order valence-electron chi connectivity index (χ1n) is 4.14. The van der Waals surface area contributed by atoms with Gasteiger partial charge in [-0.25, -0.2) is 9.97 Å². The first-order valence-corrected chi connectivity index (χ1v) is 5.22. The minimum Gasteiger partial charge on any atom is -0.369 e. The number of nitrogens with one attached hydrogen (secondary N) is 2. The van der Waals surface area contributed by atoms with Gasteiger partial charge in [0.05, 0.1) is 3.57 Å². The first-order chi connectivity index (χ1) is 6.74. The summed E-state index contributed by atoms with van der Waals surface area (Å²) in [5.41, 5.74) is 0. The Hall–Kier alpha value is -0.920. The molecular weight excluding hydrogens is 295 g/mol. The number of anilines is 1. The standard InChI is InChI=1S/C8H11IN4O/c1-10-7(14)2-3-12-8-6(9)4-11-5-13-8/h4-5H,2-3H2,1H3,(H,10,14)(H,11,12,13). The zero-order chi connectivity index (χ0) is 10.4. The maximum atomic E-state index is 10.9. The van der Waals surface area contributed by atoms with E-state index < -0.39 is 0 Å². The fourth-order valence-electron chi connectivity index (χ4n) is 0.862. The van der Waals surface area contributed by atoms with E-state index in [0.29, 0.717) is 13.0 Å². The highest BCUT2D eigenvalue weighted by atomic mass is 127. The number of carbonyl (C=O) groups is 1. The summed E-state index contributed by atoms with van der Waals surface area (Å²) in [6.07, 6.45) is 3.64. The Morgan fingerprint density at radius 1 is 1.64 bits per heavy atom. The number of aromatic nitrogens is 2. The fraction of sp³-hybridized carbons (Fsp3) is 0.375. The highest BCUT2D eigenvalue weighted by molar-refractivity contribution is 14.1. The molecule has 6 heteroatoms. The van der Waals surface area contributed by atoms with E-state index in [0.717, 1.165) is 9.39 Å². The second-order valence-corrected chi connectivity index (χ2v) is 3.73. The maximum absolute atomic E-state index is 10.9. The molecule has 1 heterocycles. The van der Waals surface area contributed by atoms with Crippen molar-refractivity contribution in [3.05, 3.63) is 16.1 Å². The third-order valence-corrected chi connectivity index (χ3v) is 2.38. The summed E-state index contributed by atoms with van der Waals surface area (Å²) in [7, 11) is 1.62. The Balaban J connectivity index is 2.39. The van der Waals surface area contributed by atoms with E-state index in [1.54, 1.807) is 13.2 Å². The van der Waals surface area contributed by atoms with Gasteiger partial charge >= 0.3 is 0 Å². The molecule has 0 bridgehead atoms. The van der Waals surface area contributed by atoms with E-state index in [1.165, 1.54) is 6.33 Å². The zero-order valence-corrected chi connectivity index (χ0v) is 9.91. The van der Waals surface area contributed by atoms with E-state index in [9.17, 15) is 4.79 Å². The Bertz CT molecular complexity index is 318. The topological polar surface area (TPSA) is 66.9 Å². The molecule has 2 N–H and O–H groups in total. The molecule has 0 spiro atoms. The molecule has 1 aromatic rings. The summed E-state index contributed by atoms with van der Waals surface area (Å²) in [4.78, 5) is 18.8. The van der Waals surface area contributed by atoms with Crippen molar-refractivity contribution in [3.8, 4) is 0 Å². The van der Waals surface area contributed by atoms with Gasteiger partial charge in [0.1, 0.15) is 12.1 Å². The molecule has 1 aromatic heterocycles. The average molecular weight is 306 g/mol. The highest BCUT2D eigenvalue weighted by Crippen LogP contribution is 2.11. The summed E-state index contributed by atoms with van der Waals surface area (Å²) >= 11 is 2.14. The largest absolute Gasteiger partial charge is 0.369 e. The van der Waals surface area contributed by atoms with Crippen molar-refractivity contribution in [2.75, 3.05) is 18.9 Å². The molecule has 14 heavy (non-hydrogen) atoms. The van der Waals surface area contributed by atoms with Crippen molar-refractivity contribution in [2.24, 2.45) is 0 Å². The van der Waals surface area contributed by atoms with Gasteiger partial charge in [-0.3, -0.25) is 4.79 Å². The summed E-state index contributed by atoms with van der Waals surface area (Å²) in [5.74, 6) is 0.783. The Kier molecular flexibility index (Phi) is 4.57. The van der Waals surface area contributed by atoms with Crippen LogP contribution >= 0.6 is 22.6 Å². The Labute approximate surface area is 95.9 Å². The van der Waals surface area contributed by atoms with E-state index in [2.05, 4.69) is 43.2 Å². The van der Waals surface area contributed by atoms with Gasteiger partial charge in [0.25, 0.3) is 0 Å². The molecule has 0 atom stereocenters. The van der Waals surface area contributed by atoms with Crippen LogP contribution in [0.5, 0.6) is 0 Å². The normalized spacial score (nSPS) is 9.57. The van der Waals surface area contributed by atoms with Gasteiger partial charge < -0.3 is 10.6 Å². The van der Waals surface area contributed by atoms with E-state index >= 15 is 0 Å². The van der Waals surface area contributed by atoms with Gasteiger partial charge in [-0.15, -0.1) is 0 Å². The molecule has 0 aliphatic heterocycles. The van der Waals surface area contributed by atoms with Crippen molar-refractivity contribution in [3.63, 3.8) is 0 Å². The molecule has 76 valence electrons. The molecule has 0 saturated heterocycles. The lowest BCUT2D eigenvalue weighted by atomic mass is 10.4. The second-order valence-electron chi connectivity index (χ2n) is 2.57. The van der Waals surface area contributed by atoms with Crippen LogP contribution in [0.1, 0.15) is 6.42 Å². The highest BCUT2D eigenvalue weighted by Gasteiger charge is 2.01. The summed E-state index contributed by atoms with van der Waals surface area (Å²) in [6, 6.07) is 0. The second kappa shape index (κ2) is 5.74. The number of amides is 1. The van der Waals surface area contributed by atoms with Gasteiger partial charge in [0, 0.05) is 26.2 Å². The molecule has 0 radical (unpaired) electrons. The molecular formula is C8H11IN4O. The molecule has 0 saturated carbocycles. The SMILES string of the molecule is CNC(=O)CCNc1ncncc1I. The molecule has 0 unspecified atom stereocenters. The number of halogens is 1. The third kappa shape index (κ3) is 3.44. The lowest BCUT2D eigenvalue weighted by Crippen LogP contribution is -2.21. The molecule has 0 fully saturated rings. The number of nitrogens with zero attached hydrogens (tertiary/aromatic N) is 2.